The third-order valence-electron chi connectivity index (χ3n) is 5.36. The molecule has 1 fully saturated rings. The summed E-state index contributed by atoms with van der Waals surface area (Å²) in [5.74, 6) is 0.283. The molecular formula is C19H25N3O. The van der Waals surface area contributed by atoms with Gasteiger partial charge in [0.2, 0.25) is 5.91 Å². The van der Waals surface area contributed by atoms with Gasteiger partial charge in [-0.3, -0.25) is 9.69 Å². The second kappa shape index (κ2) is 6.33. The highest BCUT2D eigenvalue weighted by Gasteiger charge is 2.43. The molecule has 2 aliphatic rings. The number of nitrogens with one attached hydrogen (secondary N) is 1. The van der Waals surface area contributed by atoms with Gasteiger partial charge in [0.1, 0.15) is 5.54 Å². The van der Waals surface area contributed by atoms with Crippen molar-refractivity contribution in [1.82, 2.24) is 10.2 Å². The first-order chi connectivity index (χ1) is 11.0. The van der Waals surface area contributed by atoms with Gasteiger partial charge >= 0.3 is 0 Å². The molecule has 0 radical (unpaired) electrons. The number of carbonyl (C=O) groups is 1. The minimum atomic E-state index is -0.697. The summed E-state index contributed by atoms with van der Waals surface area (Å²) in [6, 6.07) is 11.2. The van der Waals surface area contributed by atoms with E-state index in [9.17, 15) is 10.1 Å². The van der Waals surface area contributed by atoms with Crippen LogP contribution in [-0.2, 0) is 17.6 Å². The smallest absolute Gasteiger partial charge is 0.235 e. The van der Waals surface area contributed by atoms with E-state index in [2.05, 4.69) is 40.6 Å². The van der Waals surface area contributed by atoms with Gasteiger partial charge in [0, 0.05) is 6.04 Å². The Morgan fingerprint density at radius 3 is 2.70 bits per heavy atom. The fourth-order valence-electron chi connectivity index (χ4n) is 3.62. The Bertz CT molecular complexity index is 632. The lowest BCUT2D eigenvalue weighted by atomic mass is 9.87. The third-order valence-corrected chi connectivity index (χ3v) is 5.36. The van der Waals surface area contributed by atoms with E-state index in [1.807, 2.05) is 14.0 Å². The molecule has 1 aromatic rings. The topological polar surface area (TPSA) is 56.1 Å². The molecule has 4 nitrogen and oxygen atoms in total. The summed E-state index contributed by atoms with van der Waals surface area (Å²) in [6.45, 7) is 2.20. The van der Waals surface area contributed by atoms with Crippen LogP contribution in [0.5, 0.6) is 0 Å². The summed E-state index contributed by atoms with van der Waals surface area (Å²) in [5.41, 5.74) is 2.14. The molecule has 1 aromatic carbocycles. The maximum atomic E-state index is 12.3. The van der Waals surface area contributed by atoms with E-state index in [0.717, 1.165) is 32.1 Å². The zero-order chi connectivity index (χ0) is 16.4. The number of hydrogen-bond donors (Lipinski definition) is 1. The van der Waals surface area contributed by atoms with Crippen molar-refractivity contribution < 1.29 is 4.79 Å². The Balaban J connectivity index is 1.56. The molecule has 0 spiro atoms. The van der Waals surface area contributed by atoms with Crippen LogP contribution < -0.4 is 5.32 Å². The molecule has 4 heteroatoms. The van der Waals surface area contributed by atoms with Gasteiger partial charge in [-0.2, -0.15) is 5.26 Å². The summed E-state index contributed by atoms with van der Waals surface area (Å²) < 4.78 is 0. The molecule has 122 valence electrons. The zero-order valence-electron chi connectivity index (χ0n) is 14.0. The lowest BCUT2D eigenvalue weighted by Gasteiger charge is -2.33. The quantitative estimate of drug-likeness (QED) is 0.907. The number of nitrogens with zero attached hydrogens (tertiary/aromatic N) is 2. The number of aryl methyl sites for hydroxylation is 1. The molecule has 1 saturated carbocycles. The highest BCUT2D eigenvalue weighted by Crippen LogP contribution is 2.39. The minimum Gasteiger partial charge on any atom is -0.337 e. The van der Waals surface area contributed by atoms with E-state index in [1.165, 1.54) is 11.1 Å². The molecule has 2 atom stereocenters. The number of amides is 1. The predicted molar refractivity (Wildman–Crippen MR) is 89.8 cm³/mol. The average Bonchev–Trinajstić information content (AvgIpc) is 3.39. The van der Waals surface area contributed by atoms with Gasteiger partial charge in [-0.1, -0.05) is 24.3 Å². The summed E-state index contributed by atoms with van der Waals surface area (Å²) in [6.07, 6.45) is 5.24. The Hall–Kier alpha value is -1.86. The van der Waals surface area contributed by atoms with Crippen LogP contribution in [0.2, 0.25) is 0 Å². The van der Waals surface area contributed by atoms with Gasteiger partial charge < -0.3 is 5.32 Å². The molecule has 0 aromatic heterocycles. The van der Waals surface area contributed by atoms with Crippen molar-refractivity contribution >= 4 is 5.91 Å². The van der Waals surface area contributed by atoms with E-state index in [0.29, 0.717) is 18.5 Å². The van der Waals surface area contributed by atoms with Gasteiger partial charge in [-0.15, -0.1) is 0 Å². The highest BCUT2D eigenvalue weighted by molar-refractivity contribution is 5.79. The van der Waals surface area contributed by atoms with E-state index < -0.39 is 5.54 Å². The number of fused-ring (bicyclic) bond motifs is 1. The molecule has 0 heterocycles. The molecule has 0 saturated heterocycles. The van der Waals surface area contributed by atoms with Crippen LogP contribution in [0.15, 0.2) is 24.3 Å². The summed E-state index contributed by atoms with van der Waals surface area (Å²) in [5, 5.41) is 12.3. The number of carbonyl (C=O) groups excluding carboxylic acids is 1. The Morgan fingerprint density at radius 1 is 1.35 bits per heavy atom. The minimum absolute atomic E-state index is 0.0395. The molecule has 2 aliphatic carbocycles. The van der Waals surface area contributed by atoms with Crippen LogP contribution in [0.3, 0.4) is 0 Å². The molecule has 23 heavy (non-hydrogen) atoms. The molecule has 3 rings (SSSR count). The van der Waals surface area contributed by atoms with Gasteiger partial charge in [0.15, 0.2) is 0 Å². The molecule has 0 bridgehead atoms. The van der Waals surface area contributed by atoms with Crippen LogP contribution in [-0.4, -0.2) is 36.0 Å². The van der Waals surface area contributed by atoms with Gasteiger partial charge in [0.25, 0.3) is 0 Å². The third kappa shape index (κ3) is 3.56. The van der Waals surface area contributed by atoms with Gasteiger partial charge in [-0.05, 0) is 63.1 Å². The SMILES string of the molecule is CN(CC(=O)N[C@@](C)(C#N)C1CC1)[C@@H]1CCc2ccccc2C1. The maximum Gasteiger partial charge on any atom is 0.235 e. The Kier molecular flexibility index (Phi) is 4.41. The van der Waals surface area contributed by atoms with Crippen molar-refractivity contribution in [2.75, 3.05) is 13.6 Å². The largest absolute Gasteiger partial charge is 0.337 e. The second-order valence-electron chi connectivity index (χ2n) is 7.22. The molecule has 1 amide bonds. The lowest BCUT2D eigenvalue weighted by molar-refractivity contribution is -0.123. The first kappa shape index (κ1) is 16.0. The summed E-state index contributed by atoms with van der Waals surface area (Å²) in [4.78, 5) is 14.5. The number of likely N-dealkylation sites (N-methyl/N-ethyl adjacent to an activating group) is 1. The zero-order valence-corrected chi connectivity index (χ0v) is 14.0. The molecule has 0 unspecified atom stereocenters. The molecule has 1 N–H and O–H groups in total. The Labute approximate surface area is 138 Å². The number of nitriles is 1. The summed E-state index contributed by atoms with van der Waals surface area (Å²) in [7, 11) is 2.01. The van der Waals surface area contributed by atoms with Crippen molar-refractivity contribution in [3.8, 4) is 6.07 Å². The van der Waals surface area contributed by atoms with Crippen LogP contribution in [0.1, 0.15) is 37.3 Å². The van der Waals surface area contributed by atoms with Crippen molar-refractivity contribution in [3.63, 3.8) is 0 Å². The van der Waals surface area contributed by atoms with Crippen LogP contribution in [0.25, 0.3) is 0 Å². The van der Waals surface area contributed by atoms with Crippen molar-refractivity contribution in [2.45, 2.75) is 50.6 Å². The molecular weight excluding hydrogens is 286 g/mol. The van der Waals surface area contributed by atoms with Crippen LogP contribution in [0.4, 0.5) is 0 Å². The second-order valence-corrected chi connectivity index (χ2v) is 7.22. The first-order valence-corrected chi connectivity index (χ1v) is 8.51. The van der Waals surface area contributed by atoms with Gasteiger partial charge in [0.05, 0.1) is 12.6 Å². The normalized spacial score (nSPS) is 22.8. The maximum absolute atomic E-state index is 12.3. The van der Waals surface area contributed by atoms with E-state index in [4.69, 9.17) is 0 Å². The number of hydrogen-bond acceptors (Lipinski definition) is 3. The van der Waals surface area contributed by atoms with Crippen LogP contribution in [0, 0.1) is 17.2 Å². The lowest BCUT2D eigenvalue weighted by Crippen LogP contribution is -2.51. The summed E-state index contributed by atoms with van der Waals surface area (Å²) >= 11 is 0. The van der Waals surface area contributed by atoms with E-state index in [-0.39, 0.29) is 5.91 Å². The highest BCUT2D eigenvalue weighted by atomic mass is 16.2. The van der Waals surface area contributed by atoms with Crippen LogP contribution >= 0.6 is 0 Å². The number of benzene rings is 1. The predicted octanol–water partition coefficient (Wildman–Crippen LogP) is 2.28. The Morgan fingerprint density at radius 2 is 2.04 bits per heavy atom. The first-order valence-electron chi connectivity index (χ1n) is 8.51. The average molecular weight is 311 g/mol. The van der Waals surface area contributed by atoms with Crippen molar-refractivity contribution in [2.24, 2.45) is 5.92 Å². The van der Waals surface area contributed by atoms with E-state index >= 15 is 0 Å². The molecule has 0 aliphatic heterocycles. The van der Waals surface area contributed by atoms with E-state index in [1.54, 1.807) is 0 Å². The fourth-order valence-corrected chi connectivity index (χ4v) is 3.62. The standard InChI is InChI=1S/C19H25N3O/c1-19(13-20,16-8-9-16)21-18(23)12-22(2)17-10-7-14-5-3-4-6-15(14)11-17/h3-6,16-17H,7-12H2,1-2H3,(H,21,23)/t17-,19+/m1/s1. The monoisotopic (exact) mass is 311 g/mol. The number of rotatable bonds is 5. The van der Waals surface area contributed by atoms with Crippen molar-refractivity contribution in [1.29, 1.82) is 5.26 Å². The van der Waals surface area contributed by atoms with Crippen molar-refractivity contribution in [3.05, 3.63) is 35.4 Å². The van der Waals surface area contributed by atoms with Gasteiger partial charge in [-0.25, -0.2) is 0 Å². The fraction of sp³-hybridized carbons (Fsp3) is 0.579.